The van der Waals surface area contributed by atoms with E-state index >= 15 is 0 Å². The minimum Gasteiger partial charge on any atom is -0.381 e. The molecule has 22 heavy (non-hydrogen) atoms. The molecule has 2 rings (SSSR count). The molecule has 4 heteroatoms. The zero-order valence-corrected chi connectivity index (χ0v) is 13.5. The molecule has 1 fully saturated rings. The van der Waals surface area contributed by atoms with Gasteiger partial charge in [-0.25, -0.2) is 0 Å². The van der Waals surface area contributed by atoms with Gasteiger partial charge in [-0.05, 0) is 43.2 Å². The molecule has 0 radical (unpaired) electrons. The van der Waals surface area contributed by atoms with Crippen molar-refractivity contribution in [1.29, 1.82) is 0 Å². The Balaban J connectivity index is 1.51. The molecule has 0 unspecified atom stereocenters. The Morgan fingerprint density at radius 2 is 2.09 bits per heavy atom. The van der Waals surface area contributed by atoms with Crippen LogP contribution in [0.1, 0.15) is 30.4 Å². The molecule has 122 valence electrons. The summed E-state index contributed by atoms with van der Waals surface area (Å²) in [6, 6.07) is 8.00. The molecular formula is C18H27NO3. The van der Waals surface area contributed by atoms with E-state index in [1.54, 1.807) is 0 Å². The normalized spacial score (nSPS) is 15.7. The van der Waals surface area contributed by atoms with Crippen molar-refractivity contribution in [3.8, 4) is 0 Å². The van der Waals surface area contributed by atoms with Crippen molar-refractivity contribution in [3.05, 3.63) is 35.4 Å². The first-order valence-electron chi connectivity index (χ1n) is 8.22. The van der Waals surface area contributed by atoms with Crippen molar-refractivity contribution in [1.82, 2.24) is 5.32 Å². The van der Waals surface area contributed by atoms with Crippen LogP contribution in [-0.4, -0.2) is 38.9 Å². The van der Waals surface area contributed by atoms with E-state index in [2.05, 4.69) is 5.32 Å². The van der Waals surface area contributed by atoms with Gasteiger partial charge < -0.3 is 14.8 Å². The molecule has 1 aromatic rings. The predicted molar refractivity (Wildman–Crippen MR) is 86.9 cm³/mol. The van der Waals surface area contributed by atoms with Crippen LogP contribution in [0.5, 0.6) is 0 Å². The standard InChI is InChI=1S/C18H27NO3/c1-15-5-2-3-6-17(15)13-18(20)19-9-4-10-22-14-16-7-11-21-12-8-16/h2-3,5-6,16H,4,7-14H2,1H3,(H,19,20). The van der Waals surface area contributed by atoms with E-state index in [0.717, 1.165) is 50.2 Å². The quantitative estimate of drug-likeness (QED) is 0.751. The Morgan fingerprint density at radius 1 is 1.32 bits per heavy atom. The number of rotatable bonds is 8. The van der Waals surface area contributed by atoms with E-state index < -0.39 is 0 Å². The van der Waals surface area contributed by atoms with E-state index in [1.807, 2.05) is 31.2 Å². The second-order valence-corrected chi connectivity index (χ2v) is 5.94. The molecule has 1 aliphatic heterocycles. The van der Waals surface area contributed by atoms with Crippen LogP contribution in [0.4, 0.5) is 0 Å². The molecule has 0 aromatic heterocycles. The Labute approximate surface area is 133 Å². The van der Waals surface area contributed by atoms with Gasteiger partial charge in [-0.1, -0.05) is 24.3 Å². The molecule has 0 spiro atoms. The lowest BCUT2D eigenvalue weighted by molar-refractivity contribution is -0.120. The Kier molecular flexibility index (Phi) is 7.40. The smallest absolute Gasteiger partial charge is 0.224 e. The maximum atomic E-state index is 11.9. The number of carbonyl (C=O) groups is 1. The number of hydrogen-bond donors (Lipinski definition) is 1. The molecule has 1 aliphatic rings. The van der Waals surface area contributed by atoms with Crippen molar-refractivity contribution in [3.63, 3.8) is 0 Å². The number of ether oxygens (including phenoxy) is 2. The summed E-state index contributed by atoms with van der Waals surface area (Å²) in [6.45, 7) is 5.97. The van der Waals surface area contributed by atoms with Gasteiger partial charge in [0.25, 0.3) is 0 Å². The van der Waals surface area contributed by atoms with Gasteiger partial charge in [0.2, 0.25) is 5.91 Å². The van der Waals surface area contributed by atoms with Gasteiger partial charge in [0.05, 0.1) is 6.42 Å². The SMILES string of the molecule is Cc1ccccc1CC(=O)NCCCOCC1CCOCC1. The highest BCUT2D eigenvalue weighted by Crippen LogP contribution is 2.14. The summed E-state index contributed by atoms with van der Waals surface area (Å²) >= 11 is 0. The van der Waals surface area contributed by atoms with E-state index in [1.165, 1.54) is 0 Å². The van der Waals surface area contributed by atoms with Crippen LogP contribution in [0.15, 0.2) is 24.3 Å². The second kappa shape index (κ2) is 9.59. The molecule has 1 saturated heterocycles. The summed E-state index contributed by atoms with van der Waals surface area (Å²) in [5.74, 6) is 0.725. The zero-order valence-electron chi connectivity index (χ0n) is 13.5. The fraction of sp³-hybridized carbons (Fsp3) is 0.611. The molecule has 1 aromatic carbocycles. The van der Waals surface area contributed by atoms with Gasteiger partial charge in [-0.3, -0.25) is 4.79 Å². The van der Waals surface area contributed by atoms with Gasteiger partial charge in [0.15, 0.2) is 0 Å². The zero-order chi connectivity index (χ0) is 15.6. The van der Waals surface area contributed by atoms with E-state index in [0.29, 0.717) is 25.5 Å². The summed E-state index contributed by atoms with van der Waals surface area (Å²) in [4.78, 5) is 11.9. The van der Waals surface area contributed by atoms with Crippen molar-refractivity contribution in [2.24, 2.45) is 5.92 Å². The first-order valence-corrected chi connectivity index (χ1v) is 8.22. The molecule has 0 aliphatic carbocycles. The average molecular weight is 305 g/mol. The van der Waals surface area contributed by atoms with Crippen LogP contribution >= 0.6 is 0 Å². The largest absolute Gasteiger partial charge is 0.381 e. The van der Waals surface area contributed by atoms with Gasteiger partial charge >= 0.3 is 0 Å². The first-order chi connectivity index (χ1) is 10.8. The molecule has 1 amide bonds. The summed E-state index contributed by atoms with van der Waals surface area (Å²) in [7, 11) is 0. The highest BCUT2D eigenvalue weighted by atomic mass is 16.5. The Morgan fingerprint density at radius 3 is 2.86 bits per heavy atom. The third kappa shape index (κ3) is 6.16. The molecule has 0 bridgehead atoms. The number of carbonyl (C=O) groups excluding carboxylic acids is 1. The molecular weight excluding hydrogens is 278 g/mol. The number of aryl methyl sites for hydroxylation is 1. The highest BCUT2D eigenvalue weighted by molar-refractivity contribution is 5.78. The maximum Gasteiger partial charge on any atom is 0.224 e. The van der Waals surface area contributed by atoms with Crippen LogP contribution < -0.4 is 5.32 Å². The van der Waals surface area contributed by atoms with E-state index in [9.17, 15) is 4.79 Å². The van der Waals surface area contributed by atoms with Crippen molar-refractivity contribution in [2.75, 3.05) is 33.0 Å². The van der Waals surface area contributed by atoms with Crippen LogP contribution in [0.2, 0.25) is 0 Å². The lowest BCUT2D eigenvalue weighted by Gasteiger charge is -2.21. The van der Waals surface area contributed by atoms with Crippen LogP contribution in [-0.2, 0) is 20.7 Å². The molecule has 4 nitrogen and oxygen atoms in total. The van der Waals surface area contributed by atoms with Gasteiger partial charge in [-0.2, -0.15) is 0 Å². The third-order valence-corrected chi connectivity index (χ3v) is 4.09. The average Bonchev–Trinajstić information content (AvgIpc) is 2.54. The van der Waals surface area contributed by atoms with Gasteiger partial charge in [0.1, 0.15) is 0 Å². The minimum atomic E-state index is 0.0822. The Hall–Kier alpha value is -1.39. The second-order valence-electron chi connectivity index (χ2n) is 5.94. The number of amides is 1. The summed E-state index contributed by atoms with van der Waals surface area (Å²) in [6.07, 6.45) is 3.53. The topological polar surface area (TPSA) is 47.6 Å². The monoisotopic (exact) mass is 305 g/mol. The predicted octanol–water partition coefficient (Wildman–Crippen LogP) is 2.49. The van der Waals surface area contributed by atoms with E-state index in [-0.39, 0.29) is 5.91 Å². The lowest BCUT2D eigenvalue weighted by atomic mass is 10.0. The van der Waals surface area contributed by atoms with Crippen LogP contribution in [0, 0.1) is 12.8 Å². The van der Waals surface area contributed by atoms with Crippen molar-refractivity contribution < 1.29 is 14.3 Å². The van der Waals surface area contributed by atoms with Crippen molar-refractivity contribution >= 4 is 5.91 Å². The van der Waals surface area contributed by atoms with Gasteiger partial charge in [0, 0.05) is 33.0 Å². The molecule has 1 N–H and O–H groups in total. The molecule has 1 heterocycles. The number of benzene rings is 1. The molecule has 0 saturated carbocycles. The van der Waals surface area contributed by atoms with E-state index in [4.69, 9.17) is 9.47 Å². The summed E-state index contributed by atoms with van der Waals surface area (Å²) in [5.41, 5.74) is 2.26. The number of nitrogens with one attached hydrogen (secondary N) is 1. The maximum absolute atomic E-state index is 11.9. The fourth-order valence-corrected chi connectivity index (χ4v) is 2.61. The third-order valence-electron chi connectivity index (χ3n) is 4.09. The lowest BCUT2D eigenvalue weighted by Crippen LogP contribution is -2.27. The van der Waals surface area contributed by atoms with Crippen LogP contribution in [0.25, 0.3) is 0 Å². The molecule has 0 atom stereocenters. The summed E-state index contributed by atoms with van der Waals surface area (Å²) < 4.78 is 11.0. The summed E-state index contributed by atoms with van der Waals surface area (Å²) in [5, 5.41) is 2.96. The first kappa shape index (κ1) is 17.0. The fourth-order valence-electron chi connectivity index (χ4n) is 2.61. The van der Waals surface area contributed by atoms with Crippen molar-refractivity contribution in [2.45, 2.75) is 32.6 Å². The minimum absolute atomic E-state index is 0.0822. The van der Waals surface area contributed by atoms with Crippen LogP contribution in [0.3, 0.4) is 0 Å². The van der Waals surface area contributed by atoms with Gasteiger partial charge in [-0.15, -0.1) is 0 Å². The highest BCUT2D eigenvalue weighted by Gasteiger charge is 2.13. The Bertz CT molecular complexity index is 455. The number of hydrogen-bond acceptors (Lipinski definition) is 3.